The number of hydrogen-bond acceptors (Lipinski definition) is 5. The zero-order valence-electron chi connectivity index (χ0n) is 15.0. The lowest BCUT2D eigenvalue weighted by molar-refractivity contribution is -0.121. The van der Waals surface area contributed by atoms with Gasteiger partial charge in [-0.2, -0.15) is 0 Å². The van der Waals surface area contributed by atoms with Crippen LogP contribution in [0.3, 0.4) is 0 Å². The number of amides is 1. The predicted octanol–water partition coefficient (Wildman–Crippen LogP) is 1.60. The predicted molar refractivity (Wildman–Crippen MR) is 95.7 cm³/mol. The minimum atomic E-state index is -0.152. The van der Waals surface area contributed by atoms with E-state index in [0.29, 0.717) is 29.9 Å². The summed E-state index contributed by atoms with van der Waals surface area (Å²) < 4.78 is 6.94. The Bertz CT molecular complexity index is 802. The number of piperidine rings is 1. The maximum absolute atomic E-state index is 12.5. The van der Waals surface area contributed by atoms with Gasteiger partial charge in [0.15, 0.2) is 0 Å². The highest BCUT2D eigenvalue weighted by atomic mass is 16.3. The molecule has 0 bridgehead atoms. The third-order valence-corrected chi connectivity index (χ3v) is 4.93. The molecule has 25 heavy (non-hydrogen) atoms. The molecule has 0 aromatic carbocycles. The summed E-state index contributed by atoms with van der Waals surface area (Å²) in [5.74, 6) is 0.664. The van der Waals surface area contributed by atoms with Crippen molar-refractivity contribution in [3.05, 3.63) is 28.0 Å². The Morgan fingerprint density at radius 1 is 1.24 bits per heavy atom. The van der Waals surface area contributed by atoms with Crippen molar-refractivity contribution in [1.82, 2.24) is 19.8 Å². The smallest absolute Gasteiger partial charge is 0.264 e. The van der Waals surface area contributed by atoms with E-state index in [0.717, 1.165) is 25.2 Å². The van der Waals surface area contributed by atoms with Gasteiger partial charge in [0.2, 0.25) is 11.6 Å². The fourth-order valence-electron chi connectivity index (χ4n) is 3.28. The van der Waals surface area contributed by atoms with Gasteiger partial charge in [-0.1, -0.05) is 6.42 Å². The maximum atomic E-state index is 12.5. The van der Waals surface area contributed by atoms with Gasteiger partial charge in [-0.25, -0.2) is 4.98 Å². The Morgan fingerprint density at radius 2 is 2.00 bits per heavy atom. The molecule has 0 aliphatic carbocycles. The Morgan fingerprint density at radius 3 is 2.76 bits per heavy atom. The van der Waals surface area contributed by atoms with Gasteiger partial charge in [-0.3, -0.25) is 14.2 Å². The van der Waals surface area contributed by atoms with E-state index in [1.807, 2.05) is 13.8 Å². The lowest BCUT2D eigenvalue weighted by Gasteiger charge is -2.26. The first-order chi connectivity index (χ1) is 12.1. The van der Waals surface area contributed by atoms with Crippen LogP contribution in [-0.2, 0) is 11.3 Å². The number of rotatable bonds is 6. The summed E-state index contributed by atoms with van der Waals surface area (Å²) >= 11 is 0. The highest BCUT2D eigenvalue weighted by Crippen LogP contribution is 2.19. The van der Waals surface area contributed by atoms with E-state index in [1.54, 1.807) is 0 Å². The summed E-state index contributed by atoms with van der Waals surface area (Å²) in [6.45, 7) is 7.79. The molecular formula is C18H26N4O3. The van der Waals surface area contributed by atoms with Crippen LogP contribution in [-0.4, -0.2) is 46.5 Å². The molecule has 1 N–H and O–H groups in total. The van der Waals surface area contributed by atoms with Gasteiger partial charge in [-0.15, -0.1) is 0 Å². The van der Waals surface area contributed by atoms with Gasteiger partial charge in [0.25, 0.3) is 5.56 Å². The summed E-state index contributed by atoms with van der Waals surface area (Å²) in [6, 6.07) is 0. The topological polar surface area (TPSA) is 80.4 Å². The quantitative estimate of drug-likeness (QED) is 0.859. The second kappa shape index (κ2) is 7.82. The van der Waals surface area contributed by atoms with Crippen molar-refractivity contribution >= 4 is 17.0 Å². The van der Waals surface area contributed by atoms with Crippen molar-refractivity contribution in [2.24, 2.45) is 0 Å². The number of fused-ring (bicyclic) bond motifs is 1. The summed E-state index contributed by atoms with van der Waals surface area (Å²) in [4.78, 5) is 31.1. The minimum absolute atomic E-state index is 0.0379. The number of carbonyl (C=O) groups excluding carboxylic acids is 1. The number of aromatic nitrogens is 2. The van der Waals surface area contributed by atoms with Crippen LogP contribution < -0.4 is 10.9 Å². The average molecular weight is 346 g/mol. The van der Waals surface area contributed by atoms with Crippen LogP contribution in [0.1, 0.15) is 37.0 Å². The van der Waals surface area contributed by atoms with Crippen LogP contribution in [0.4, 0.5) is 0 Å². The fraction of sp³-hybridized carbons (Fsp3) is 0.611. The van der Waals surface area contributed by atoms with E-state index >= 15 is 0 Å². The van der Waals surface area contributed by atoms with Crippen molar-refractivity contribution in [1.29, 1.82) is 0 Å². The Hall–Kier alpha value is -2.15. The van der Waals surface area contributed by atoms with Gasteiger partial charge < -0.3 is 14.6 Å². The average Bonchev–Trinajstić information content (AvgIpc) is 2.90. The zero-order valence-corrected chi connectivity index (χ0v) is 15.0. The molecule has 7 nitrogen and oxygen atoms in total. The summed E-state index contributed by atoms with van der Waals surface area (Å²) in [6.07, 6.45) is 5.53. The molecule has 1 aliphatic rings. The highest BCUT2D eigenvalue weighted by Gasteiger charge is 2.14. The molecule has 7 heteroatoms. The van der Waals surface area contributed by atoms with Crippen molar-refractivity contribution in [3.63, 3.8) is 0 Å². The van der Waals surface area contributed by atoms with Gasteiger partial charge in [0.1, 0.15) is 17.5 Å². The maximum Gasteiger partial charge on any atom is 0.264 e. The lowest BCUT2D eigenvalue weighted by Crippen LogP contribution is -2.38. The third kappa shape index (κ3) is 4.10. The fourth-order valence-corrected chi connectivity index (χ4v) is 3.28. The van der Waals surface area contributed by atoms with Gasteiger partial charge in [-0.05, 0) is 39.8 Å². The molecule has 2 aromatic rings. The second-order valence-electron chi connectivity index (χ2n) is 6.71. The van der Waals surface area contributed by atoms with E-state index in [9.17, 15) is 9.59 Å². The molecule has 3 rings (SSSR count). The van der Waals surface area contributed by atoms with E-state index in [-0.39, 0.29) is 17.9 Å². The number of likely N-dealkylation sites (tertiary alicyclic amines) is 1. The SMILES string of the molecule is Cc1oc2ncn(CCC(=O)NCCN3CCCCC3)c(=O)c2c1C. The van der Waals surface area contributed by atoms with Crippen LogP contribution in [0.2, 0.25) is 0 Å². The van der Waals surface area contributed by atoms with E-state index in [2.05, 4.69) is 15.2 Å². The lowest BCUT2D eigenvalue weighted by atomic mass is 10.1. The Balaban J connectivity index is 1.52. The molecule has 0 saturated carbocycles. The Kier molecular flexibility index (Phi) is 5.53. The summed E-state index contributed by atoms with van der Waals surface area (Å²) in [7, 11) is 0. The Labute approximate surface area is 147 Å². The summed E-state index contributed by atoms with van der Waals surface area (Å²) in [5, 5.41) is 3.44. The highest BCUT2D eigenvalue weighted by molar-refractivity contribution is 5.77. The summed E-state index contributed by atoms with van der Waals surface area (Å²) in [5.41, 5.74) is 1.02. The molecule has 0 radical (unpaired) electrons. The van der Waals surface area contributed by atoms with Crippen molar-refractivity contribution < 1.29 is 9.21 Å². The number of furan rings is 1. The number of aryl methyl sites for hydroxylation is 3. The van der Waals surface area contributed by atoms with Crippen molar-refractivity contribution in [2.45, 2.75) is 46.1 Å². The first kappa shape index (κ1) is 17.7. The monoisotopic (exact) mass is 346 g/mol. The van der Waals surface area contributed by atoms with E-state index in [4.69, 9.17) is 4.42 Å². The van der Waals surface area contributed by atoms with Crippen molar-refractivity contribution in [2.75, 3.05) is 26.2 Å². The molecular weight excluding hydrogens is 320 g/mol. The molecule has 136 valence electrons. The van der Waals surface area contributed by atoms with Gasteiger partial charge >= 0.3 is 0 Å². The van der Waals surface area contributed by atoms with Gasteiger partial charge in [0, 0.05) is 31.6 Å². The third-order valence-electron chi connectivity index (χ3n) is 4.93. The normalized spacial score (nSPS) is 15.6. The van der Waals surface area contributed by atoms with E-state index < -0.39 is 0 Å². The number of hydrogen-bond donors (Lipinski definition) is 1. The second-order valence-corrected chi connectivity index (χ2v) is 6.71. The first-order valence-electron chi connectivity index (χ1n) is 9.00. The molecule has 1 amide bonds. The first-order valence-corrected chi connectivity index (χ1v) is 9.00. The van der Waals surface area contributed by atoms with Crippen LogP contribution in [0.15, 0.2) is 15.5 Å². The minimum Gasteiger partial charge on any atom is -0.443 e. The molecule has 0 unspecified atom stereocenters. The number of carbonyl (C=O) groups is 1. The van der Waals surface area contributed by atoms with Gasteiger partial charge in [0.05, 0.1) is 0 Å². The number of nitrogens with one attached hydrogen (secondary N) is 1. The molecule has 3 heterocycles. The number of nitrogens with zero attached hydrogens (tertiary/aromatic N) is 3. The van der Waals surface area contributed by atoms with Crippen LogP contribution >= 0.6 is 0 Å². The zero-order chi connectivity index (χ0) is 17.8. The largest absolute Gasteiger partial charge is 0.443 e. The standard InChI is InChI=1S/C18H26N4O3/c1-13-14(2)25-17-16(13)18(24)22(12-20-17)10-6-15(23)19-7-11-21-8-4-3-5-9-21/h12H,3-11H2,1-2H3,(H,19,23). The molecule has 2 aromatic heterocycles. The van der Waals surface area contributed by atoms with Crippen molar-refractivity contribution in [3.8, 4) is 0 Å². The molecule has 1 saturated heterocycles. The molecule has 0 atom stereocenters. The van der Waals surface area contributed by atoms with Crippen LogP contribution in [0, 0.1) is 13.8 Å². The van der Waals surface area contributed by atoms with Crippen LogP contribution in [0.25, 0.3) is 11.1 Å². The van der Waals surface area contributed by atoms with E-state index in [1.165, 1.54) is 30.2 Å². The molecule has 1 fully saturated rings. The van der Waals surface area contributed by atoms with Crippen LogP contribution in [0.5, 0.6) is 0 Å². The molecule has 0 spiro atoms. The molecule has 1 aliphatic heterocycles.